The number of carbonyl (C=O) groups is 4. The van der Waals surface area contributed by atoms with Crippen LogP contribution >= 0.6 is 0 Å². The summed E-state index contributed by atoms with van der Waals surface area (Å²) in [5.74, 6) is -1.72. The summed E-state index contributed by atoms with van der Waals surface area (Å²) < 4.78 is 0. The van der Waals surface area contributed by atoms with Crippen molar-refractivity contribution in [1.82, 2.24) is 21.4 Å². The Hall–Kier alpha value is -4.24. The first-order chi connectivity index (χ1) is 19.7. The number of benzene rings is 3. The van der Waals surface area contributed by atoms with Crippen molar-refractivity contribution in [3.05, 3.63) is 83.9 Å². The van der Waals surface area contributed by atoms with E-state index < -0.39 is 23.9 Å². The van der Waals surface area contributed by atoms with E-state index in [-0.39, 0.29) is 37.1 Å². The SMILES string of the molecule is CC(C)CONC(=O)C[C@H](NC(=O)CCCc1ccccc1)C(=O)N[C@@H](C)C(=O)NCc1cccc2ccccc12. The molecule has 0 bridgehead atoms. The minimum absolute atomic E-state index is 0.186. The molecule has 4 amide bonds. The number of amides is 4. The fourth-order valence-electron chi connectivity index (χ4n) is 4.25. The molecular formula is C32H40N4O5. The molecular weight excluding hydrogens is 520 g/mol. The monoisotopic (exact) mass is 560 g/mol. The van der Waals surface area contributed by atoms with Crippen LogP contribution in [0.4, 0.5) is 0 Å². The molecule has 0 saturated carbocycles. The molecule has 3 rings (SSSR count). The largest absolute Gasteiger partial charge is 0.350 e. The number of fused-ring (bicyclic) bond motifs is 1. The molecule has 2 atom stereocenters. The Balaban J connectivity index is 1.56. The van der Waals surface area contributed by atoms with Gasteiger partial charge in [-0.25, -0.2) is 5.48 Å². The molecule has 0 saturated heterocycles. The smallest absolute Gasteiger partial charge is 0.246 e. The number of rotatable bonds is 15. The lowest BCUT2D eigenvalue weighted by Gasteiger charge is -2.21. The van der Waals surface area contributed by atoms with Crippen molar-refractivity contribution in [1.29, 1.82) is 0 Å². The maximum Gasteiger partial charge on any atom is 0.246 e. The molecule has 0 heterocycles. The normalized spacial score (nSPS) is 12.4. The highest BCUT2D eigenvalue weighted by molar-refractivity contribution is 5.94. The zero-order valence-electron chi connectivity index (χ0n) is 23.9. The zero-order valence-corrected chi connectivity index (χ0v) is 23.9. The van der Waals surface area contributed by atoms with Gasteiger partial charge in [0.2, 0.25) is 23.6 Å². The second-order valence-electron chi connectivity index (χ2n) is 10.5. The van der Waals surface area contributed by atoms with E-state index in [2.05, 4.69) is 21.4 Å². The van der Waals surface area contributed by atoms with Crippen LogP contribution in [0.3, 0.4) is 0 Å². The molecule has 4 N–H and O–H groups in total. The van der Waals surface area contributed by atoms with Gasteiger partial charge in [0.05, 0.1) is 13.0 Å². The Morgan fingerprint density at radius 2 is 1.49 bits per heavy atom. The Morgan fingerprint density at radius 1 is 0.780 bits per heavy atom. The summed E-state index contributed by atoms with van der Waals surface area (Å²) in [5, 5.41) is 10.3. The van der Waals surface area contributed by atoms with Gasteiger partial charge in [-0.15, -0.1) is 0 Å². The number of hydrogen-bond donors (Lipinski definition) is 4. The van der Waals surface area contributed by atoms with Gasteiger partial charge in [-0.3, -0.25) is 24.0 Å². The van der Waals surface area contributed by atoms with Crippen LogP contribution < -0.4 is 21.4 Å². The number of hydrogen-bond acceptors (Lipinski definition) is 5. The molecule has 0 radical (unpaired) electrons. The average Bonchev–Trinajstić information content (AvgIpc) is 2.95. The maximum absolute atomic E-state index is 13.1. The standard InChI is InChI=1S/C32H40N4O5/c1-22(2)21-41-36-30(38)19-28(35-29(37)18-9-13-24-11-5-4-6-12-24)32(40)34-23(3)31(39)33-20-26-16-10-15-25-14-7-8-17-27(25)26/h4-8,10-12,14-17,22-23,28H,9,13,18-21H2,1-3H3,(H,33,39)(H,34,40)(H,35,37)(H,36,38)/t23-,28-/m0/s1. The van der Waals surface area contributed by atoms with Gasteiger partial charge in [-0.1, -0.05) is 86.6 Å². The van der Waals surface area contributed by atoms with Crippen molar-refractivity contribution >= 4 is 34.4 Å². The molecule has 0 spiro atoms. The number of nitrogens with one attached hydrogen (secondary N) is 4. The second kappa shape index (κ2) is 16.1. The summed E-state index contributed by atoms with van der Waals surface area (Å²) in [6, 6.07) is 21.5. The highest BCUT2D eigenvalue weighted by Crippen LogP contribution is 2.18. The van der Waals surface area contributed by atoms with E-state index in [1.807, 2.05) is 86.6 Å². The number of aryl methyl sites for hydroxylation is 1. The molecule has 9 nitrogen and oxygen atoms in total. The zero-order chi connectivity index (χ0) is 29.6. The summed E-state index contributed by atoms with van der Waals surface area (Å²) in [4.78, 5) is 56.3. The third kappa shape index (κ3) is 10.7. The molecule has 0 fully saturated rings. The Bertz CT molecular complexity index is 1310. The van der Waals surface area contributed by atoms with Crippen LogP contribution in [0.15, 0.2) is 72.8 Å². The van der Waals surface area contributed by atoms with Crippen molar-refractivity contribution in [3.63, 3.8) is 0 Å². The predicted molar refractivity (Wildman–Crippen MR) is 158 cm³/mol. The van der Waals surface area contributed by atoms with Crippen LogP contribution in [0, 0.1) is 5.92 Å². The van der Waals surface area contributed by atoms with Crippen LogP contribution in [0.2, 0.25) is 0 Å². The lowest BCUT2D eigenvalue weighted by molar-refractivity contribution is -0.138. The predicted octanol–water partition coefficient (Wildman–Crippen LogP) is 3.56. The van der Waals surface area contributed by atoms with Gasteiger partial charge in [0.25, 0.3) is 0 Å². The van der Waals surface area contributed by atoms with E-state index >= 15 is 0 Å². The quantitative estimate of drug-likeness (QED) is 0.212. The summed E-state index contributed by atoms with van der Waals surface area (Å²) in [7, 11) is 0. The lowest BCUT2D eigenvalue weighted by Crippen LogP contribution is -2.53. The van der Waals surface area contributed by atoms with E-state index in [9.17, 15) is 19.2 Å². The van der Waals surface area contributed by atoms with Crippen molar-refractivity contribution in [2.45, 2.75) is 65.1 Å². The van der Waals surface area contributed by atoms with Crippen molar-refractivity contribution in [2.24, 2.45) is 5.92 Å². The summed E-state index contributed by atoms with van der Waals surface area (Å²) in [6.07, 6.45) is 1.15. The van der Waals surface area contributed by atoms with Crippen molar-refractivity contribution in [3.8, 4) is 0 Å². The molecule has 0 aromatic heterocycles. The molecule has 3 aromatic rings. The van der Waals surface area contributed by atoms with Crippen LogP contribution in [0.1, 0.15) is 51.2 Å². The second-order valence-corrected chi connectivity index (χ2v) is 10.5. The van der Waals surface area contributed by atoms with Crippen molar-refractivity contribution in [2.75, 3.05) is 6.61 Å². The molecule has 0 aliphatic heterocycles. The molecule has 41 heavy (non-hydrogen) atoms. The third-order valence-electron chi connectivity index (χ3n) is 6.44. The first-order valence-electron chi connectivity index (χ1n) is 14.0. The van der Waals surface area contributed by atoms with Gasteiger partial charge in [-0.2, -0.15) is 0 Å². The topological polar surface area (TPSA) is 126 Å². The molecule has 0 unspecified atom stereocenters. The molecule has 3 aromatic carbocycles. The van der Waals surface area contributed by atoms with Gasteiger partial charge in [0.15, 0.2) is 0 Å². The summed E-state index contributed by atoms with van der Waals surface area (Å²) >= 11 is 0. The fourth-order valence-corrected chi connectivity index (χ4v) is 4.25. The van der Waals surface area contributed by atoms with Gasteiger partial charge in [0.1, 0.15) is 12.1 Å². The van der Waals surface area contributed by atoms with E-state index in [0.717, 1.165) is 21.9 Å². The third-order valence-corrected chi connectivity index (χ3v) is 6.44. The van der Waals surface area contributed by atoms with Crippen LogP contribution in [-0.4, -0.2) is 42.3 Å². The van der Waals surface area contributed by atoms with Gasteiger partial charge < -0.3 is 16.0 Å². The van der Waals surface area contributed by atoms with Gasteiger partial charge in [0, 0.05) is 13.0 Å². The number of carbonyl (C=O) groups excluding carboxylic acids is 4. The summed E-state index contributed by atoms with van der Waals surface area (Å²) in [6.45, 7) is 6.02. The fraction of sp³-hybridized carbons (Fsp3) is 0.375. The highest BCUT2D eigenvalue weighted by Gasteiger charge is 2.27. The molecule has 9 heteroatoms. The highest BCUT2D eigenvalue weighted by atomic mass is 16.6. The van der Waals surface area contributed by atoms with Gasteiger partial charge >= 0.3 is 0 Å². The van der Waals surface area contributed by atoms with Crippen molar-refractivity contribution < 1.29 is 24.0 Å². The average molecular weight is 561 g/mol. The van der Waals surface area contributed by atoms with Crippen LogP contribution in [-0.2, 0) is 37.0 Å². The Morgan fingerprint density at radius 3 is 2.24 bits per heavy atom. The first-order valence-corrected chi connectivity index (χ1v) is 14.0. The van der Waals surface area contributed by atoms with E-state index in [4.69, 9.17) is 4.84 Å². The minimum Gasteiger partial charge on any atom is -0.350 e. The molecule has 0 aliphatic rings. The van der Waals surface area contributed by atoms with E-state index in [0.29, 0.717) is 19.4 Å². The van der Waals surface area contributed by atoms with E-state index in [1.54, 1.807) is 6.92 Å². The lowest BCUT2D eigenvalue weighted by atomic mass is 10.0. The molecule has 218 valence electrons. The van der Waals surface area contributed by atoms with E-state index in [1.165, 1.54) is 0 Å². The van der Waals surface area contributed by atoms with Crippen LogP contribution in [0.25, 0.3) is 10.8 Å². The van der Waals surface area contributed by atoms with Gasteiger partial charge in [-0.05, 0) is 47.6 Å². The minimum atomic E-state index is -1.17. The Labute approximate surface area is 241 Å². The Kier molecular flexibility index (Phi) is 12.3. The number of hydroxylamine groups is 1. The molecule has 0 aliphatic carbocycles. The summed E-state index contributed by atoms with van der Waals surface area (Å²) in [5.41, 5.74) is 4.38. The maximum atomic E-state index is 13.1. The van der Waals surface area contributed by atoms with Crippen LogP contribution in [0.5, 0.6) is 0 Å². The first kappa shape index (κ1) is 31.3.